The number of benzene rings is 1. The Labute approximate surface area is 114 Å². The maximum Gasteiger partial charge on any atom is 0.337 e. The largest absolute Gasteiger partial charge is 0.465 e. The summed E-state index contributed by atoms with van der Waals surface area (Å²) < 4.78 is 4.72. The van der Waals surface area contributed by atoms with Gasteiger partial charge in [0.05, 0.1) is 12.7 Å². The second-order valence-electron chi connectivity index (χ2n) is 5.53. The number of hydrogen-bond donors (Lipinski definition) is 0. The van der Waals surface area contributed by atoms with Crippen LogP contribution in [0.2, 0.25) is 0 Å². The lowest BCUT2D eigenvalue weighted by atomic mass is 9.88. The Bertz CT molecular complexity index is 503. The summed E-state index contributed by atoms with van der Waals surface area (Å²) in [6.45, 7) is 4.32. The number of ketones is 1. The molecule has 102 valence electrons. The summed E-state index contributed by atoms with van der Waals surface area (Å²) in [4.78, 5) is 23.8. The fraction of sp³-hybridized carbons (Fsp3) is 0.500. The lowest BCUT2D eigenvalue weighted by Crippen LogP contribution is -2.12. The summed E-state index contributed by atoms with van der Waals surface area (Å²) in [5, 5.41) is 0. The van der Waals surface area contributed by atoms with Gasteiger partial charge in [0.25, 0.3) is 0 Å². The predicted molar refractivity (Wildman–Crippen MR) is 73.4 cm³/mol. The first-order valence-electron chi connectivity index (χ1n) is 6.77. The summed E-state index contributed by atoms with van der Waals surface area (Å²) in [5.74, 6) is 0.794. The number of methoxy groups -OCH3 is 1. The molecular weight excluding hydrogens is 240 g/mol. The number of rotatable bonds is 2. The van der Waals surface area contributed by atoms with E-state index in [1.807, 2.05) is 6.07 Å². The first-order chi connectivity index (χ1) is 9.02. The van der Waals surface area contributed by atoms with Gasteiger partial charge in [-0.1, -0.05) is 19.9 Å². The van der Waals surface area contributed by atoms with E-state index in [0.29, 0.717) is 23.8 Å². The average molecular weight is 260 g/mol. The number of carbonyl (C=O) groups excluding carboxylic acids is 2. The van der Waals surface area contributed by atoms with Crippen LogP contribution < -0.4 is 0 Å². The molecule has 0 radical (unpaired) electrons. The molecule has 0 amide bonds. The summed E-state index contributed by atoms with van der Waals surface area (Å²) >= 11 is 0. The number of carbonyl (C=O) groups is 2. The van der Waals surface area contributed by atoms with Gasteiger partial charge < -0.3 is 4.74 Å². The van der Waals surface area contributed by atoms with E-state index in [0.717, 1.165) is 24.0 Å². The maximum absolute atomic E-state index is 12.3. The van der Waals surface area contributed by atoms with Crippen LogP contribution in [0, 0.1) is 11.8 Å². The Morgan fingerprint density at radius 2 is 2.11 bits per heavy atom. The minimum Gasteiger partial charge on any atom is -0.465 e. The van der Waals surface area contributed by atoms with E-state index in [-0.39, 0.29) is 11.8 Å². The minimum atomic E-state index is -0.347. The molecule has 0 N–H and O–H groups in total. The Morgan fingerprint density at radius 3 is 2.74 bits per heavy atom. The van der Waals surface area contributed by atoms with Crippen LogP contribution in [0.3, 0.4) is 0 Å². The van der Waals surface area contributed by atoms with Crippen LogP contribution in [0.15, 0.2) is 18.2 Å². The SMILES string of the molecule is COC(=O)c1ccc2c(c1)CCC(C(C)C)CC2=O. The zero-order valence-electron chi connectivity index (χ0n) is 11.7. The van der Waals surface area contributed by atoms with E-state index in [1.165, 1.54) is 7.11 Å². The van der Waals surface area contributed by atoms with E-state index >= 15 is 0 Å². The molecule has 1 atom stereocenters. The molecule has 0 aromatic heterocycles. The van der Waals surface area contributed by atoms with Crippen LogP contribution in [0.25, 0.3) is 0 Å². The molecule has 0 aliphatic heterocycles. The molecule has 0 saturated heterocycles. The van der Waals surface area contributed by atoms with Crippen LogP contribution in [-0.4, -0.2) is 18.9 Å². The van der Waals surface area contributed by atoms with E-state index in [1.54, 1.807) is 12.1 Å². The zero-order chi connectivity index (χ0) is 14.0. The highest BCUT2D eigenvalue weighted by Crippen LogP contribution is 2.29. The van der Waals surface area contributed by atoms with Crippen LogP contribution in [-0.2, 0) is 11.2 Å². The summed E-state index contributed by atoms with van der Waals surface area (Å²) in [7, 11) is 1.37. The van der Waals surface area contributed by atoms with Crippen molar-refractivity contribution in [2.24, 2.45) is 11.8 Å². The standard InChI is InChI=1S/C16H20O3/c1-10(2)11-4-5-12-8-13(16(18)19-3)6-7-14(12)15(17)9-11/h6-8,10-11H,4-5,9H2,1-3H3. The van der Waals surface area contributed by atoms with Crippen molar-refractivity contribution in [3.8, 4) is 0 Å². The van der Waals surface area contributed by atoms with Crippen molar-refractivity contribution in [3.63, 3.8) is 0 Å². The molecule has 3 heteroatoms. The van der Waals surface area contributed by atoms with Crippen molar-refractivity contribution in [3.05, 3.63) is 34.9 Å². The zero-order valence-corrected chi connectivity index (χ0v) is 11.7. The van der Waals surface area contributed by atoms with Crippen LogP contribution in [0.5, 0.6) is 0 Å². The third-order valence-electron chi connectivity index (χ3n) is 4.00. The van der Waals surface area contributed by atoms with Gasteiger partial charge in [-0.15, -0.1) is 0 Å². The summed E-state index contributed by atoms with van der Waals surface area (Å²) in [6, 6.07) is 5.26. The van der Waals surface area contributed by atoms with Gasteiger partial charge in [0.1, 0.15) is 0 Å². The fourth-order valence-electron chi connectivity index (χ4n) is 2.68. The van der Waals surface area contributed by atoms with Crippen molar-refractivity contribution in [1.82, 2.24) is 0 Å². The Hall–Kier alpha value is -1.64. The fourth-order valence-corrected chi connectivity index (χ4v) is 2.68. The Balaban J connectivity index is 2.32. The van der Waals surface area contributed by atoms with Crippen molar-refractivity contribution < 1.29 is 14.3 Å². The van der Waals surface area contributed by atoms with Gasteiger partial charge in [-0.25, -0.2) is 4.79 Å². The predicted octanol–water partition coefficient (Wildman–Crippen LogP) is 3.26. The Kier molecular flexibility index (Phi) is 4.03. The normalized spacial score (nSPS) is 18.9. The van der Waals surface area contributed by atoms with E-state index in [2.05, 4.69) is 13.8 Å². The molecule has 1 aromatic carbocycles. The first-order valence-corrected chi connectivity index (χ1v) is 6.77. The molecule has 1 aliphatic rings. The van der Waals surface area contributed by atoms with Crippen molar-refractivity contribution in [1.29, 1.82) is 0 Å². The second-order valence-corrected chi connectivity index (χ2v) is 5.53. The van der Waals surface area contributed by atoms with Crippen LogP contribution in [0.4, 0.5) is 0 Å². The van der Waals surface area contributed by atoms with E-state index in [9.17, 15) is 9.59 Å². The van der Waals surface area contributed by atoms with Gasteiger partial charge in [-0.05, 0) is 42.4 Å². The number of Topliss-reactive ketones (excluding diaryl/α,β-unsaturated/α-hetero) is 1. The maximum atomic E-state index is 12.3. The third-order valence-corrected chi connectivity index (χ3v) is 4.00. The highest BCUT2D eigenvalue weighted by atomic mass is 16.5. The van der Waals surface area contributed by atoms with Crippen molar-refractivity contribution >= 4 is 11.8 Å². The topological polar surface area (TPSA) is 43.4 Å². The molecule has 1 unspecified atom stereocenters. The third kappa shape index (κ3) is 2.86. The van der Waals surface area contributed by atoms with Gasteiger partial charge in [-0.3, -0.25) is 4.79 Å². The number of hydrogen-bond acceptors (Lipinski definition) is 3. The quantitative estimate of drug-likeness (QED) is 0.605. The monoisotopic (exact) mass is 260 g/mol. The first kappa shape index (κ1) is 13.8. The highest BCUT2D eigenvalue weighted by molar-refractivity contribution is 5.99. The molecule has 0 saturated carbocycles. The van der Waals surface area contributed by atoms with Gasteiger partial charge in [-0.2, -0.15) is 0 Å². The van der Waals surface area contributed by atoms with Gasteiger partial charge in [0.2, 0.25) is 0 Å². The molecule has 2 rings (SSSR count). The van der Waals surface area contributed by atoms with Gasteiger partial charge >= 0.3 is 5.97 Å². The summed E-state index contributed by atoms with van der Waals surface area (Å²) in [6.07, 6.45) is 2.47. The molecule has 0 fully saturated rings. The molecule has 3 nitrogen and oxygen atoms in total. The molecule has 1 aromatic rings. The van der Waals surface area contributed by atoms with Gasteiger partial charge in [0, 0.05) is 12.0 Å². The molecule has 0 bridgehead atoms. The number of ether oxygens (including phenoxy) is 1. The average Bonchev–Trinajstić information content (AvgIpc) is 2.57. The van der Waals surface area contributed by atoms with E-state index in [4.69, 9.17) is 4.74 Å². The van der Waals surface area contributed by atoms with E-state index < -0.39 is 0 Å². The van der Waals surface area contributed by atoms with Crippen LogP contribution in [0.1, 0.15) is 53.0 Å². The number of fused-ring (bicyclic) bond motifs is 1. The van der Waals surface area contributed by atoms with Crippen molar-refractivity contribution in [2.45, 2.75) is 33.1 Å². The lowest BCUT2D eigenvalue weighted by Gasteiger charge is -2.16. The lowest BCUT2D eigenvalue weighted by molar-refractivity contribution is 0.0600. The Morgan fingerprint density at radius 1 is 1.37 bits per heavy atom. The molecular formula is C16H20O3. The molecule has 1 aliphatic carbocycles. The second kappa shape index (κ2) is 5.55. The molecule has 19 heavy (non-hydrogen) atoms. The van der Waals surface area contributed by atoms with Gasteiger partial charge in [0.15, 0.2) is 5.78 Å². The number of esters is 1. The smallest absolute Gasteiger partial charge is 0.337 e. The number of aryl methyl sites for hydroxylation is 1. The van der Waals surface area contributed by atoms with Crippen molar-refractivity contribution in [2.75, 3.05) is 7.11 Å². The highest BCUT2D eigenvalue weighted by Gasteiger charge is 2.25. The minimum absolute atomic E-state index is 0.197. The molecule has 0 heterocycles. The van der Waals surface area contributed by atoms with Crippen LogP contribution >= 0.6 is 0 Å². The molecule has 0 spiro atoms. The summed E-state index contributed by atoms with van der Waals surface area (Å²) in [5.41, 5.74) is 2.28.